The molecule has 0 amide bonds. The molecule has 154 valence electrons. The number of hydrogen-bond donors (Lipinski definition) is 0. The molecule has 0 aromatic heterocycles. The van der Waals surface area contributed by atoms with E-state index in [1.807, 2.05) is 0 Å². The highest BCUT2D eigenvalue weighted by Crippen LogP contribution is 2.65. The summed E-state index contributed by atoms with van der Waals surface area (Å²) in [5.74, 6) is -0.219. The van der Waals surface area contributed by atoms with Gasteiger partial charge in [0.2, 0.25) is 0 Å². The lowest BCUT2D eigenvalue weighted by Gasteiger charge is -2.62. The van der Waals surface area contributed by atoms with Crippen LogP contribution in [-0.2, 0) is 14.3 Å². The van der Waals surface area contributed by atoms with Crippen LogP contribution in [0.1, 0.15) is 65.7 Å². The number of hydrogen-bond acceptors (Lipinski definition) is 3. The number of carbonyl (C=O) groups is 1. The molecule has 0 radical (unpaired) electrons. The molecule has 4 fully saturated rings. The van der Waals surface area contributed by atoms with Crippen LogP contribution in [0.25, 0.3) is 0 Å². The summed E-state index contributed by atoms with van der Waals surface area (Å²) in [6.45, 7) is 9.89. The largest absolute Gasteiger partial charge is 0.462 e. The van der Waals surface area contributed by atoms with Gasteiger partial charge < -0.3 is 9.47 Å². The highest BCUT2D eigenvalue weighted by atomic mass is 19.4. The lowest BCUT2D eigenvalue weighted by molar-refractivity contribution is -0.184. The summed E-state index contributed by atoms with van der Waals surface area (Å²) in [6, 6.07) is 0. The van der Waals surface area contributed by atoms with Gasteiger partial charge in [0.15, 0.2) is 0 Å². The van der Waals surface area contributed by atoms with Crippen molar-refractivity contribution in [2.45, 2.75) is 77.5 Å². The van der Waals surface area contributed by atoms with Gasteiger partial charge in [-0.25, -0.2) is 4.79 Å². The molecule has 2 atom stereocenters. The van der Waals surface area contributed by atoms with E-state index >= 15 is 0 Å². The van der Waals surface area contributed by atoms with Gasteiger partial charge in [-0.05, 0) is 76.0 Å². The Kier molecular flexibility index (Phi) is 5.20. The standard InChI is InChI=1S/C21H31F3O3/c1-5-18(3,4)27-13-20-9-15-6-16(10-20)8-19(7-15,11-20)12-26-17(25)14(2)21(22,23)24/h15-16H,2,5-13H2,1,3-4H3. The zero-order chi connectivity index (χ0) is 20.1. The highest BCUT2D eigenvalue weighted by Gasteiger charge is 2.58. The van der Waals surface area contributed by atoms with Crippen molar-refractivity contribution in [2.24, 2.45) is 22.7 Å². The molecule has 0 saturated heterocycles. The average Bonchev–Trinajstić information content (AvgIpc) is 2.55. The first-order chi connectivity index (χ1) is 12.4. The first kappa shape index (κ1) is 20.7. The highest BCUT2D eigenvalue weighted by molar-refractivity contribution is 5.89. The van der Waals surface area contributed by atoms with Crippen LogP contribution in [0.3, 0.4) is 0 Å². The molecular formula is C21H31F3O3. The molecule has 0 aromatic carbocycles. The Bertz CT molecular complexity index is 594. The fraction of sp³-hybridized carbons (Fsp3) is 0.857. The quantitative estimate of drug-likeness (QED) is 0.430. The van der Waals surface area contributed by atoms with E-state index in [1.165, 1.54) is 6.42 Å². The van der Waals surface area contributed by atoms with Crippen molar-refractivity contribution in [2.75, 3.05) is 13.2 Å². The molecule has 2 unspecified atom stereocenters. The van der Waals surface area contributed by atoms with Crippen molar-refractivity contribution in [3.05, 3.63) is 12.2 Å². The Labute approximate surface area is 159 Å². The van der Waals surface area contributed by atoms with Crippen LogP contribution < -0.4 is 0 Å². The van der Waals surface area contributed by atoms with Gasteiger partial charge in [0, 0.05) is 5.41 Å². The van der Waals surface area contributed by atoms with Crippen LogP contribution in [-0.4, -0.2) is 31.0 Å². The Balaban J connectivity index is 1.68. The molecule has 6 heteroatoms. The lowest BCUT2D eigenvalue weighted by atomic mass is 9.44. The first-order valence-electron chi connectivity index (χ1n) is 9.95. The molecule has 4 aliphatic rings. The first-order valence-corrected chi connectivity index (χ1v) is 9.95. The molecule has 0 N–H and O–H groups in total. The number of rotatable bonds is 7. The second kappa shape index (κ2) is 6.78. The predicted octanol–water partition coefficient (Wildman–Crippen LogP) is 5.44. The zero-order valence-electron chi connectivity index (χ0n) is 16.6. The maximum Gasteiger partial charge on any atom is 0.422 e. The smallest absolute Gasteiger partial charge is 0.422 e. The van der Waals surface area contributed by atoms with Gasteiger partial charge in [-0.15, -0.1) is 0 Å². The Morgan fingerprint density at radius 2 is 1.59 bits per heavy atom. The van der Waals surface area contributed by atoms with Gasteiger partial charge >= 0.3 is 12.1 Å². The maximum absolute atomic E-state index is 12.7. The van der Waals surface area contributed by atoms with Gasteiger partial charge in [0.05, 0.1) is 18.8 Å². The van der Waals surface area contributed by atoms with E-state index < -0.39 is 17.7 Å². The number of alkyl halides is 3. The zero-order valence-corrected chi connectivity index (χ0v) is 16.6. The third kappa shape index (κ3) is 4.36. The van der Waals surface area contributed by atoms with E-state index in [4.69, 9.17) is 9.47 Å². The molecule has 4 rings (SSSR count). The number of halogens is 3. The minimum atomic E-state index is -4.74. The molecule has 0 aromatic rings. The molecular weight excluding hydrogens is 357 g/mol. The number of carbonyl (C=O) groups excluding carboxylic acids is 1. The Morgan fingerprint density at radius 3 is 2.07 bits per heavy atom. The van der Waals surface area contributed by atoms with Crippen molar-refractivity contribution < 1.29 is 27.4 Å². The van der Waals surface area contributed by atoms with E-state index in [2.05, 4.69) is 27.4 Å². The predicted molar refractivity (Wildman–Crippen MR) is 96.0 cm³/mol. The van der Waals surface area contributed by atoms with Crippen LogP contribution in [0, 0.1) is 22.7 Å². The van der Waals surface area contributed by atoms with Gasteiger partial charge in [-0.3, -0.25) is 0 Å². The van der Waals surface area contributed by atoms with Crippen molar-refractivity contribution in [1.29, 1.82) is 0 Å². The Hall–Kier alpha value is -1.04. The number of ether oxygens (including phenoxy) is 2. The van der Waals surface area contributed by atoms with Gasteiger partial charge in [-0.2, -0.15) is 13.2 Å². The summed E-state index contributed by atoms with van der Waals surface area (Å²) in [6.07, 6.45) is 2.37. The molecule has 4 saturated carbocycles. The summed E-state index contributed by atoms with van der Waals surface area (Å²) >= 11 is 0. The molecule has 0 aliphatic heterocycles. The fourth-order valence-corrected chi connectivity index (χ4v) is 5.86. The summed E-state index contributed by atoms with van der Waals surface area (Å²) in [5.41, 5.74) is -1.72. The number of esters is 1. The van der Waals surface area contributed by atoms with Crippen LogP contribution in [0.4, 0.5) is 13.2 Å². The summed E-state index contributed by atoms with van der Waals surface area (Å²) in [5, 5.41) is 0. The monoisotopic (exact) mass is 388 g/mol. The fourth-order valence-electron chi connectivity index (χ4n) is 5.86. The van der Waals surface area contributed by atoms with Gasteiger partial charge in [-0.1, -0.05) is 13.5 Å². The second-order valence-corrected chi connectivity index (χ2v) is 9.92. The minimum absolute atomic E-state index is 0.0624. The van der Waals surface area contributed by atoms with Crippen LogP contribution in [0.5, 0.6) is 0 Å². The van der Waals surface area contributed by atoms with E-state index in [-0.39, 0.29) is 23.0 Å². The SMILES string of the molecule is C=C(C(=O)OCC12CC3CC(C1)CC(COC(C)(C)CC)(C3)C2)C(F)(F)F. The lowest BCUT2D eigenvalue weighted by Crippen LogP contribution is -2.55. The minimum Gasteiger partial charge on any atom is -0.462 e. The van der Waals surface area contributed by atoms with Crippen molar-refractivity contribution in [1.82, 2.24) is 0 Å². The van der Waals surface area contributed by atoms with Gasteiger partial charge in [0.1, 0.15) is 5.57 Å². The van der Waals surface area contributed by atoms with E-state index in [0.29, 0.717) is 18.4 Å². The second-order valence-electron chi connectivity index (χ2n) is 9.92. The van der Waals surface area contributed by atoms with Crippen LogP contribution in [0.15, 0.2) is 12.2 Å². The molecule has 0 spiro atoms. The maximum atomic E-state index is 12.7. The molecule has 4 aliphatic carbocycles. The third-order valence-corrected chi connectivity index (χ3v) is 7.02. The average molecular weight is 388 g/mol. The van der Waals surface area contributed by atoms with E-state index in [0.717, 1.165) is 38.5 Å². The van der Waals surface area contributed by atoms with Crippen LogP contribution >= 0.6 is 0 Å². The summed E-state index contributed by atoms with van der Waals surface area (Å²) in [4.78, 5) is 11.8. The van der Waals surface area contributed by atoms with E-state index in [1.54, 1.807) is 0 Å². The summed E-state index contributed by atoms with van der Waals surface area (Å²) < 4.78 is 49.4. The van der Waals surface area contributed by atoms with Crippen LogP contribution in [0.2, 0.25) is 0 Å². The van der Waals surface area contributed by atoms with Crippen molar-refractivity contribution >= 4 is 5.97 Å². The van der Waals surface area contributed by atoms with E-state index in [9.17, 15) is 18.0 Å². The molecule has 3 nitrogen and oxygen atoms in total. The molecule has 0 heterocycles. The van der Waals surface area contributed by atoms with Crippen molar-refractivity contribution in [3.63, 3.8) is 0 Å². The Morgan fingerprint density at radius 1 is 1.07 bits per heavy atom. The van der Waals surface area contributed by atoms with Gasteiger partial charge in [0.25, 0.3) is 0 Å². The molecule has 27 heavy (non-hydrogen) atoms. The van der Waals surface area contributed by atoms with Crippen molar-refractivity contribution in [3.8, 4) is 0 Å². The molecule has 4 bridgehead atoms. The topological polar surface area (TPSA) is 35.5 Å². The third-order valence-electron chi connectivity index (χ3n) is 7.02. The summed E-state index contributed by atoms with van der Waals surface area (Å²) in [7, 11) is 0. The normalized spacial score (nSPS) is 35.3.